The average Bonchev–Trinajstić information content (AvgIpc) is 3.10. The van der Waals surface area contributed by atoms with Crippen molar-refractivity contribution in [1.82, 2.24) is 0 Å². The molecule has 2 aromatic carbocycles. The minimum absolute atomic E-state index is 0.125. The number of nitrogens with two attached hydrogens (primary N) is 1. The highest BCUT2D eigenvalue weighted by Gasteiger charge is 2.18. The smallest absolute Gasteiger partial charge is 0.256 e. The van der Waals surface area contributed by atoms with E-state index in [0.29, 0.717) is 29.3 Å². The van der Waals surface area contributed by atoms with Gasteiger partial charge in [0, 0.05) is 17.9 Å². The number of rotatable bonds is 5. The van der Waals surface area contributed by atoms with Crippen molar-refractivity contribution >= 4 is 17.3 Å². The number of amides is 1. The standard InChI is InChI=1S/C20H24N2O3/c1-13-5-8-18(19(10-13)25-12-16-4-3-9-24-16)22-20(23)17-11-15(21)7-6-14(17)2/h5-8,10-11,16H,3-4,9,12,21H2,1-2H3,(H,22,23). The maximum Gasteiger partial charge on any atom is 0.256 e. The van der Waals surface area contributed by atoms with E-state index in [2.05, 4.69) is 5.32 Å². The van der Waals surface area contributed by atoms with Crippen LogP contribution in [-0.2, 0) is 4.74 Å². The molecule has 0 saturated carbocycles. The first-order valence-corrected chi connectivity index (χ1v) is 8.55. The molecule has 1 saturated heterocycles. The summed E-state index contributed by atoms with van der Waals surface area (Å²) in [4.78, 5) is 12.6. The Labute approximate surface area is 148 Å². The van der Waals surface area contributed by atoms with Crippen molar-refractivity contribution in [2.75, 3.05) is 24.3 Å². The van der Waals surface area contributed by atoms with Gasteiger partial charge in [0.25, 0.3) is 5.91 Å². The Hall–Kier alpha value is -2.53. The third-order valence-corrected chi connectivity index (χ3v) is 4.34. The molecule has 1 heterocycles. The summed E-state index contributed by atoms with van der Waals surface area (Å²) in [5, 5.41) is 2.94. The minimum atomic E-state index is -0.199. The lowest BCUT2D eigenvalue weighted by Crippen LogP contribution is -2.18. The van der Waals surface area contributed by atoms with Crippen molar-refractivity contribution < 1.29 is 14.3 Å². The van der Waals surface area contributed by atoms with Crippen LogP contribution in [0.4, 0.5) is 11.4 Å². The van der Waals surface area contributed by atoms with Crippen molar-refractivity contribution in [2.45, 2.75) is 32.8 Å². The van der Waals surface area contributed by atoms with Crippen LogP contribution in [0.1, 0.15) is 34.3 Å². The Bertz CT molecular complexity index is 768. The normalized spacial score (nSPS) is 16.6. The number of nitrogens with one attached hydrogen (secondary N) is 1. The van der Waals surface area contributed by atoms with E-state index < -0.39 is 0 Å². The number of carbonyl (C=O) groups excluding carboxylic acids is 1. The van der Waals surface area contributed by atoms with E-state index in [1.807, 2.05) is 38.1 Å². The van der Waals surface area contributed by atoms with Crippen LogP contribution in [0.15, 0.2) is 36.4 Å². The molecule has 1 fully saturated rings. The second-order valence-corrected chi connectivity index (χ2v) is 6.47. The van der Waals surface area contributed by atoms with Crippen molar-refractivity contribution in [3.05, 3.63) is 53.1 Å². The van der Waals surface area contributed by atoms with E-state index in [1.165, 1.54) is 0 Å². The molecule has 1 amide bonds. The first-order chi connectivity index (χ1) is 12.0. The van der Waals surface area contributed by atoms with Crippen LogP contribution in [-0.4, -0.2) is 25.2 Å². The zero-order valence-electron chi connectivity index (χ0n) is 14.7. The van der Waals surface area contributed by atoms with Crippen LogP contribution in [0.5, 0.6) is 5.75 Å². The van der Waals surface area contributed by atoms with Crippen LogP contribution in [0.2, 0.25) is 0 Å². The molecule has 0 bridgehead atoms. The molecular weight excluding hydrogens is 316 g/mol. The topological polar surface area (TPSA) is 73.6 Å². The predicted octanol–water partition coefficient (Wildman–Crippen LogP) is 3.70. The summed E-state index contributed by atoms with van der Waals surface area (Å²) >= 11 is 0. The monoisotopic (exact) mass is 340 g/mol. The van der Waals surface area contributed by atoms with Crippen LogP contribution >= 0.6 is 0 Å². The average molecular weight is 340 g/mol. The summed E-state index contributed by atoms with van der Waals surface area (Å²) in [6.45, 7) is 5.16. The molecule has 0 aromatic heterocycles. The third kappa shape index (κ3) is 4.31. The minimum Gasteiger partial charge on any atom is -0.489 e. The highest BCUT2D eigenvalue weighted by molar-refractivity contribution is 6.06. The molecule has 5 nitrogen and oxygen atoms in total. The molecule has 0 radical (unpaired) electrons. The van der Waals surface area contributed by atoms with Gasteiger partial charge in [-0.1, -0.05) is 12.1 Å². The molecule has 1 atom stereocenters. The first-order valence-electron chi connectivity index (χ1n) is 8.55. The maximum atomic E-state index is 12.6. The van der Waals surface area contributed by atoms with Gasteiger partial charge in [0.2, 0.25) is 0 Å². The summed E-state index contributed by atoms with van der Waals surface area (Å²) < 4.78 is 11.5. The molecule has 5 heteroatoms. The second-order valence-electron chi connectivity index (χ2n) is 6.47. The van der Waals surface area contributed by atoms with E-state index in [1.54, 1.807) is 12.1 Å². The fourth-order valence-corrected chi connectivity index (χ4v) is 2.88. The first kappa shape index (κ1) is 17.3. The van der Waals surface area contributed by atoms with Crippen molar-refractivity contribution in [3.63, 3.8) is 0 Å². The highest BCUT2D eigenvalue weighted by atomic mass is 16.5. The van der Waals surface area contributed by atoms with Crippen molar-refractivity contribution in [3.8, 4) is 5.75 Å². The molecule has 132 valence electrons. The van der Waals surface area contributed by atoms with Gasteiger partial charge >= 0.3 is 0 Å². The second kappa shape index (κ2) is 7.57. The lowest BCUT2D eigenvalue weighted by Gasteiger charge is -2.16. The molecule has 3 rings (SSSR count). The van der Waals surface area contributed by atoms with Crippen LogP contribution in [0.3, 0.4) is 0 Å². The number of hydrogen-bond donors (Lipinski definition) is 2. The number of anilines is 2. The van der Waals surface area contributed by atoms with E-state index in [0.717, 1.165) is 30.6 Å². The molecule has 1 aliphatic heterocycles. The van der Waals surface area contributed by atoms with Crippen LogP contribution in [0.25, 0.3) is 0 Å². The lowest BCUT2D eigenvalue weighted by molar-refractivity contribution is 0.0681. The Morgan fingerprint density at radius 2 is 2.12 bits per heavy atom. The van der Waals surface area contributed by atoms with E-state index in [9.17, 15) is 4.79 Å². The molecule has 25 heavy (non-hydrogen) atoms. The molecule has 1 unspecified atom stereocenters. The summed E-state index contributed by atoms with van der Waals surface area (Å²) in [6.07, 6.45) is 2.20. The van der Waals surface area contributed by atoms with Crippen molar-refractivity contribution in [2.24, 2.45) is 0 Å². The molecule has 0 spiro atoms. The number of aryl methyl sites for hydroxylation is 2. The molecule has 2 aromatic rings. The number of ether oxygens (including phenoxy) is 2. The summed E-state index contributed by atoms with van der Waals surface area (Å²) in [7, 11) is 0. The van der Waals surface area contributed by atoms with Gasteiger partial charge in [-0.3, -0.25) is 4.79 Å². The van der Waals surface area contributed by atoms with Gasteiger partial charge in [0.1, 0.15) is 12.4 Å². The van der Waals surface area contributed by atoms with Gasteiger partial charge in [-0.05, 0) is 62.1 Å². The van der Waals surface area contributed by atoms with E-state index in [4.69, 9.17) is 15.2 Å². The number of nitrogen functional groups attached to an aromatic ring is 1. The SMILES string of the molecule is Cc1ccc(NC(=O)c2cc(N)ccc2C)c(OCC2CCCO2)c1. The summed E-state index contributed by atoms with van der Waals surface area (Å²) in [5.74, 6) is 0.459. The zero-order valence-corrected chi connectivity index (χ0v) is 14.7. The van der Waals surface area contributed by atoms with Crippen LogP contribution < -0.4 is 15.8 Å². The Balaban J connectivity index is 1.76. The fraction of sp³-hybridized carbons (Fsp3) is 0.350. The van der Waals surface area contributed by atoms with Gasteiger partial charge in [-0.25, -0.2) is 0 Å². The number of carbonyl (C=O) groups is 1. The largest absolute Gasteiger partial charge is 0.489 e. The van der Waals surface area contributed by atoms with Crippen LogP contribution in [0, 0.1) is 13.8 Å². The summed E-state index contributed by atoms with van der Waals surface area (Å²) in [6, 6.07) is 11.0. The number of hydrogen-bond acceptors (Lipinski definition) is 4. The van der Waals surface area contributed by atoms with Gasteiger partial charge in [0.15, 0.2) is 0 Å². The summed E-state index contributed by atoms with van der Waals surface area (Å²) in [5.41, 5.74) is 9.53. The fourth-order valence-electron chi connectivity index (χ4n) is 2.88. The highest BCUT2D eigenvalue weighted by Crippen LogP contribution is 2.28. The molecule has 1 aliphatic rings. The Morgan fingerprint density at radius 3 is 2.88 bits per heavy atom. The van der Waals surface area contributed by atoms with E-state index in [-0.39, 0.29) is 12.0 Å². The molecule has 3 N–H and O–H groups in total. The lowest BCUT2D eigenvalue weighted by atomic mass is 10.1. The predicted molar refractivity (Wildman–Crippen MR) is 99.2 cm³/mol. The van der Waals surface area contributed by atoms with Gasteiger partial charge < -0.3 is 20.5 Å². The van der Waals surface area contributed by atoms with E-state index >= 15 is 0 Å². The molecular formula is C20H24N2O3. The van der Waals surface area contributed by atoms with Gasteiger partial charge in [-0.2, -0.15) is 0 Å². The van der Waals surface area contributed by atoms with Gasteiger partial charge in [0.05, 0.1) is 11.8 Å². The number of benzene rings is 2. The Kier molecular flexibility index (Phi) is 5.24. The quantitative estimate of drug-likeness (QED) is 0.814. The maximum absolute atomic E-state index is 12.6. The zero-order chi connectivity index (χ0) is 17.8. The molecule has 0 aliphatic carbocycles. The third-order valence-electron chi connectivity index (χ3n) is 4.34. The van der Waals surface area contributed by atoms with Crippen molar-refractivity contribution in [1.29, 1.82) is 0 Å². The van der Waals surface area contributed by atoms with Gasteiger partial charge in [-0.15, -0.1) is 0 Å². The Morgan fingerprint density at radius 1 is 1.28 bits per heavy atom.